The van der Waals surface area contributed by atoms with Crippen molar-refractivity contribution in [2.75, 3.05) is 25.3 Å². The standard InChI is InChI=1S/C22H22N2O3S/c1-26-18-12-17(13-19(14-18)27-2)24-22(25)21(15-7-4-3-5-8-15)28-20-10-6-9-16(23)11-20/h3-14,21H,23H2,1-2H3,(H,24,25). The highest BCUT2D eigenvalue weighted by molar-refractivity contribution is 8.00. The van der Waals surface area contributed by atoms with Crippen molar-refractivity contribution in [2.45, 2.75) is 10.1 Å². The van der Waals surface area contributed by atoms with Gasteiger partial charge in [0.2, 0.25) is 5.91 Å². The van der Waals surface area contributed by atoms with Crippen molar-refractivity contribution >= 4 is 29.0 Å². The number of carbonyl (C=O) groups excluding carboxylic acids is 1. The molecule has 3 aromatic rings. The van der Waals surface area contributed by atoms with E-state index in [4.69, 9.17) is 15.2 Å². The highest BCUT2D eigenvalue weighted by atomic mass is 32.2. The number of nitrogen functional groups attached to an aromatic ring is 1. The predicted octanol–water partition coefficient (Wildman–Crippen LogP) is 4.76. The minimum atomic E-state index is -0.444. The average Bonchev–Trinajstić information content (AvgIpc) is 2.72. The predicted molar refractivity (Wildman–Crippen MR) is 114 cm³/mol. The molecule has 6 heteroatoms. The summed E-state index contributed by atoms with van der Waals surface area (Å²) in [5, 5.41) is 2.53. The Bertz CT molecular complexity index is 925. The van der Waals surface area contributed by atoms with Crippen molar-refractivity contribution in [2.24, 2.45) is 0 Å². The molecule has 1 atom stereocenters. The fourth-order valence-corrected chi connectivity index (χ4v) is 3.80. The number of anilines is 2. The van der Waals surface area contributed by atoms with Crippen LogP contribution in [-0.2, 0) is 4.79 Å². The molecule has 0 aliphatic rings. The number of amides is 1. The molecule has 0 radical (unpaired) electrons. The molecule has 0 saturated carbocycles. The van der Waals surface area contributed by atoms with Crippen molar-refractivity contribution < 1.29 is 14.3 Å². The highest BCUT2D eigenvalue weighted by Gasteiger charge is 2.22. The number of nitrogens with two attached hydrogens (primary N) is 1. The molecule has 28 heavy (non-hydrogen) atoms. The van der Waals surface area contributed by atoms with Crippen LogP contribution in [0.1, 0.15) is 10.8 Å². The van der Waals surface area contributed by atoms with Crippen molar-refractivity contribution in [3.05, 3.63) is 78.4 Å². The van der Waals surface area contributed by atoms with Crippen LogP contribution < -0.4 is 20.5 Å². The van der Waals surface area contributed by atoms with Gasteiger partial charge in [-0.1, -0.05) is 36.4 Å². The first kappa shape index (κ1) is 19.6. The lowest BCUT2D eigenvalue weighted by Gasteiger charge is -2.18. The maximum Gasteiger partial charge on any atom is 0.242 e. The van der Waals surface area contributed by atoms with Crippen LogP contribution in [0.5, 0.6) is 11.5 Å². The first-order chi connectivity index (χ1) is 13.6. The molecule has 0 aliphatic heterocycles. The number of thioether (sulfide) groups is 1. The van der Waals surface area contributed by atoms with Crippen LogP contribution in [0, 0.1) is 0 Å². The van der Waals surface area contributed by atoms with E-state index in [2.05, 4.69) is 5.32 Å². The summed E-state index contributed by atoms with van der Waals surface area (Å²) in [5.74, 6) is 1.07. The Morgan fingerprint density at radius 3 is 2.21 bits per heavy atom. The van der Waals surface area contributed by atoms with Gasteiger partial charge in [-0.15, -0.1) is 11.8 Å². The Morgan fingerprint density at radius 2 is 1.61 bits per heavy atom. The third-order valence-corrected chi connectivity index (χ3v) is 5.32. The molecule has 0 aromatic heterocycles. The molecule has 0 heterocycles. The lowest BCUT2D eigenvalue weighted by molar-refractivity contribution is -0.115. The zero-order chi connectivity index (χ0) is 19.9. The summed E-state index contributed by atoms with van der Waals surface area (Å²) < 4.78 is 10.6. The number of ether oxygens (including phenoxy) is 2. The number of hydrogen-bond acceptors (Lipinski definition) is 5. The number of methoxy groups -OCH3 is 2. The van der Waals surface area contributed by atoms with E-state index < -0.39 is 5.25 Å². The van der Waals surface area contributed by atoms with Crippen LogP contribution in [-0.4, -0.2) is 20.1 Å². The SMILES string of the molecule is COc1cc(NC(=O)C(Sc2cccc(N)c2)c2ccccc2)cc(OC)c1. The molecular formula is C22H22N2O3S. The first-order valence-electron chi connectivity index (χ1n) is 8.70. The van der Waals surface area contributed by atoms with E-state index in [1.165, 1.54) is 11.8 Å². The number of rotatable bonds is 7. The van der Waals surface area contributed by atoms with Crippen molar-refractivity contribution in [3.63, 3.8) is 0 Å². The quantitative estimate of drug-likeness (QED) is 0.446. The van der Waals surface area contributed by atoms with Crippen LogP contribution in [0.2, 0.25) is 0 Å². The summed E-state index contributed by atoms with van der Waals surface area (Å²) in [6, 6.07) is 22.4. The van der Waals surface area contributed by atoms with E-state index in [-0.39, 0.29) is 5.91 Å². The van der Waals surface area contributed by atoms with Gasteiger partial charge in [0.1, 0.15) is 16.7 Å². The van der Waals surface area contributed by atoms with Gasteiger partial charge in [-0.2, -0.15) is 0 Å². The summed E-state index contributed by atoms with van der Waals surface area (Å²) in [6.45, 7) is 0. The van der Waals surface area contributed by atoms with Gasteiger partial charge in [0.25, 0.3) is 0 Å². The fourth-order valence-electron chi connectivity index (χ4n) is 2.71. The molecular weight excluding hydrogens is 372 g/mol. The third-order valence-electron chi connectivity index (χ3n) is 4.07. The molecule has 1 unspecified atom stereocenters. The number of nitrogens with one attached hydrogen (secondary N) is 1. The Morgan fingerprint density at radius 1 is 0.929 bits per heavy atom. The number of hydrogen-bond donors (Lipinski definition) is 2. The molecule has 3 N–H and O–H groups in total. The largest absolute Gasteiger partial charge is 0.497 e. The molecule has 0 spiro atoms. The summed E-state index contributed by atoms with van der Waals surface area (Å²) in [5.41, 5.74) is 8.07. The Hall–Kier alpha value is -3.12. The van der Waals surface area contributed by atoms with Crippen LogP contribution in [0.3, 0.4) is 0 Å². The molecule has 5 nitrogen and oxygen atoms in total. The van der Waals surface area contributed by atoms with E-state index in [0.29, 0.717) is 22.9 Å². The number of benzene rings is 3. The van der Waals surface area contributed by atoms with Gasteiger partial charge in [0.05, 0.1) is 14.2 Å². The minimum Gasteiger partial charge on any atom is -0.497 e. The topological polar surface area (TPSA) is 73.6 Å². The van der Waals surface area contributed by atoms with Gasteiger partial charge in [-0.05, 0) is 23.8 Å². The molecule has 3 rings (SSSR count). The lowest BCUT2D eigenvalue weighted by atomic mass is 10.1. The van der Waals surface area contributed by atoms with Crippen molar-refractivity contribution in [1.29, 1.82) is 0 Å². The molecule has 0 saturated heterocycles. The maximum absolute atomic E-state index is 13.2. The maximum atomic E-state index is 13.2. The van der Waals surface area contributed by atoms with Crippen LogP contribution in [0.4, 0.5) is 11.4 Å². The van der Waals surface area contributed by atoms with Gasteiger partial charge >= 0.3 is 0 Å². The van der Waals surface area contributed by atoms with Crippen molar-refractivity contribution in [1.82, 2.24) is 0 Å². The van der Waals surface area contributed by atoms with Gasteiger partial charge in [-0.3, -0.25) is 4.79 Å². The fraction of sp³-hybridized carbons (Fsp3) is 0.136. The Balaban J connectivity index is 1.88. The monoisotopic (exact) mass is 394 g/mol. The molecule has 1 amide bonds. The summed E-state index contributed by atoms with van der Waals surface area (Å²) in [6.07, 6.45) is 0. The second-order valence-corrected chi connectivity index (χ2v) is 7.25. The second-order valence-electron chi connectivity index (χ2n) is 6.07. The molecule has 0 fully saturated rings. The molecule has 3 aromatic carbocycles. The van der Waals surface area contributed by atoms with Gasteiger partial charge < -0.3 is 20.5 Å². The minimum absolute atomic E-state index is 0.145. The third kappa shape index (κ3) is 4.98. The normalized spacial score (nSPS) is 11.5. The van der Waals surface area contributed by atoms with Crippen LogP contribution >= 0.6 is 11.8 Å². The second kappa shape index (κ2) is 9.19. The van der Waals surface area contributed by atoms with Crippen LogP contribution in [0.25, 0.3) is 0 Å². The summed E-state index contributed by atoms with van der Waals surface area (Å²) in [7, 11) is 3.14. The molecule has 0 aliphatic carbocycles. The Kier molecular flexibility index (Phi) is 6.45. The van der Waals surface area contributed by atoms with E-state index in [1.54, 1.807) is 32.4 Å². The summed E-state index contributed by atoms with van der Waals surface area (Å²) in [4.78, 5) is 14.1. The summed E-state index contributed by atoms with van der Waals surface area (Å²) >= 11 is 1.45. The Labute approximate surface area is 168 Å². The van der Waals surface area contributed by atoms with E-state index in [9.17, 15) is 4.79 Å². The number of carbonyl (C=O) groups is 1. The zero-order valence-corrected chi connectivity index (χ0v) is 16.5. The van der Waals surface area contributed by atoms with E-state index in [0.717, 1.165) is 10.5 Å². The van der Waals surface area contributed by atoms with E-state index in [1.807, 2.05) is 54.6 Å². The average molecular weight is 394 g/mol. The van der Waals surface area contributed by atoms with Crippen LogP contribution in [0.15, 0.2) is 77.7 Å². The van der Waals surface area contributed by atoms with Gasteiger partial charge in [0.15, 0.2) is 0 Å². The lowest BCUT2D eigenvalue weighted by Crippen LogP contribution is -2.19. The highest BCUT2D eigenvalue weighted by Crippen LogP contribution is 2.37. The molecule has 0 bridgehead atoms. The molecule has 144 valence electrons. The van der Waals surface area contributed by atoms with E-state index >= 15 is 0 Å². The first-order valence-corrected chi connectivity index (χ1v) is 9.58. The smallest absolute Gasteiger partial charge is 0.242 e. The van der Waals surface area contributed by atoms with Gasteiger partial charge in [0, 0.05) is 34.5 Å². The zero-order valence-electron chi connectivity index (χ0n) is 15.7. The van der Waals surface area contributed by atoms with Crippen molar-refractivity contribution in [3.8, 4) is 11.5 Å². The van der Waals surface area contributed by atoms with Gasteiger partial charge in [-0.25, -0.2) is 0 Å².